The zero-order valence-corrected chi connectivity index (χ0v) is 16.2. The second-order valence-electron chi connectivity index (χ2n) is 7.86. The van der Waals surface area contributed by atoms with Crippen LogP contribution in [-0.4, -0.2) is 53.2 Å². The molecule has 6 nitrogen and oxygen atoms in total. The first-order valence-corrected chi connectivity index (χ1v) is 9.91. The molecule has 0 aromatic heterocycles. The third-order valence-corrected chi connectivity index (χ3v) is 5.30. The lowest BCUT2D eigenvalue weighted by molar-refractivity contribution is -0.127. The third-order valence-electron chi connectivity index (χ3n) is 5.30. The summed E-state index contributed by atoms with van der Waals surface area (Å²) in [6.07, 6.45) is 2.94. The van der Waals surface area contributed by atoms with Crippen molar-refractivity contribution in [1.82, 2.24) is 15.1 Å². The normalized spacial score (nSPS) is 17.6. The molecule has 0 radical (unpaired) electrons. The summed E-state index contributed by atoms with van der Waals surface area (Å²) in [5.74, 6) is 0.352. The summed E-state index contributed by atoms with van der Waals surface area (Å²) >= 11 is 0. The van der Waals surface area contributed by atoms with Crippen molar-refractivity contribution in [3.8, 4) is 0 Å². The highest BCUT2D eigenvalue weighted by molar-refractivity contribution is 6.01. The Morgan fingerprint density at radius 1 is 1.22 bits per heavy atom. The van der Waals surface area contributed by atoms with Crippen LogP contribution in [0.5, 0.6) is 0 Å². The number of benzene rings is 1. The van der Waals surface area contributed by atoms with Crippen molar-refractivity contribution < 1.29 is 14.4 Å². The number of fused-ring (bicyclic) bond motifs is 1. The molecule has 1 saturated heterocycles. The average molecular weight is 371 g/mol. The van der Waals surface area contributed by atoms with Gasteiger partial charge in [-0.3, -0.25) is 14.4 Å². The Labute approximate surface area is 160 Å². The molecule has 1 aromatic carbocycles. The van der Waals surface area contributed by atoms with Gasteiger partial charge < -0.3 is 15.1 Å². The standard InChI is InChI=1S/C21H29N3O3/c1-15(2)13-18(24-14-16-7-3-4-8-17(16)21(24)27)20(26)22-10-6-12-23-11-5-9-19(23)25/h3-4,7-8,15,18H,5-6,9-14H2,1-2H3,(H,22,26)/t18-/m1/s1. The molecular weight excluding hydrogens is 342 g/mol. The molecule has 0 unspecified atom stereocenters. The van der Waals surface area contributed by atoms with Crippen LogP contribution in [0.2, 0.25) is 0 Å². The van der Waals surface area contributed by atoms with Gasteiger partial charge in [-0.05, 0) is 36.8 Å². The molecule has 1 N–H and O–H groups in total. The Hall–Kier alpha value is -2.37. The number of rotatable bonds is 8. The van der Waals surface area contributed by atoms with Gasteiger partial charge in [-0.15, -0.1) is 0 Å². The van der Waals surface area contributed by atoms with Gasteiger partial charge in [0.05, 0.1) is 0 Å². The minimum atomic E-state index is -0.460. The van der Waals surface area contributed by atoms with Gasteiger partial charge in [0.1, 0.15) is 6.04 Å². The monoisotopic (exact) mass is 371 g/mol. The first kappa shape index (κ1) is 19.4. The van der Waals surface area contributed by atoms with Gasteiger partial charge in [-0.25, -0.2) is 0 Å². The molecule has 1 fully saturated rings. The molecule has 3 rings (SSSR count). The number of hydrogen-bond donors (Lipinski definition) is 1. The van der Waals surface area contributed by atoms with Crippen LogP contribution in [0.15, 0.2) is 24.3 Å². The summed E-state index contributed by atoms with van der Waals surface area (Å²) in [6, 6.07) is 7.10. The molecule has 1 atom stereocenters. The van der Waals surface area contributed by atoms with Crippen molar-refractivity contribution in [1.29, 1.82) is 0 Å². The predicted octanol–water partition coefficient (Wildman–Crippen LogP) is 2.19. The molecule has 6 heteroatoms. The van der Waals surface area contributed by atoms with E-state index in [2.05, 4.69) is 19.2 Å². The van der Waals surface area contributed by atoms with E-state index in [0.717, 1.165) is 24.9 Å². The minimum Gasteiger partial charge on any atom is -0.354 e. The highest BCUT2D eigenvalue weighted by Gasteiger charge is 2.36. The maximum atomic E-state index is 12.8. The van der Waals surface area contributed by atoms with Gasteiger partial charge in [0.2, 0.25) is 11.8 Å². The minimum absolute atomic E-state index is 0.0611. The van der Waals surface area contributed by atoms with Gasteiger partial charge in [-0.1, -0.05) is 32.0 Å². The van der Waals surface area contributed by atoms with Gasteiger partial charge in [0, 0.05) is 38.2 Å². The number of carbonyl (C=O) groups is 3. The molecule has 3 amide bonds. The van der Waals surface area contributed by atoms with Crippen LogP contribution in [0.3, 0.4) is 0 Å². The summed E-state index contributed by atoms with van der Waals surface area (Å²) in [5, 5.41) is 2.98. The van der Waals surface area contributed by atoms with Crippen LogP contribution in [0.1, 0.15) is 55.5 Å². The smallest absolute Gasteiger partial charge is 0.255 e. The molecule has 0 aliphatic carbocycles. The molecule has 0 bridgehead atoms. The van der Waals surface area contributed by atoms with Gasteiger partial charge in [-0.2, -0.15) is 0 Å². The van der Waals surface area contributed by atoms with Crippen LogP contribution in [0.4, 0.5) is 0 Å². The van der Waals surface area contributed by atoms with E-state index in [9.17, 15) is 14.4 Å². The van der Waals surface area contributed by atoms with Crippen molar-refractivity contribution in [2.45, 2.75) is 52.1 Å². The van der Waals surface area contributed by atoms with E-state index < -0.39 is 6.04 Å². The van der Waals surface area contributed by atoms with Crippen LogP contribution in [0, 0.1) is 5.92 Å². The number of amides is 3. The Bertz CT molecular complexity index is 716. The van der Waals surface area contributed by atoms with E-state index in [4.69, 9.17) is 0 Å². The largest absolute Gasteiger partial charge is 0.354 e. The fraction of sp³-hybridized carbons (Fsp3) is 0.571. The van der Waals surface area contributed by atoms with E-state index in [0.29, 0.717) is 44.0 Å². The second-order valence-corrected chi connectivity index (χ2v) is 7.86. The van der Waals surface area contributed by atoms with Crippen molar-refractivity contribution in [3.05, 3.63) is 35.4 Å². The maximum Gasteiger partial charge on any atom is 0.255 e. The lowest BCUT2D eigenvalue weighted by Crippen LogP contribution is -2.48. The first-order valence-electron chi connectivity index (χ1n) is 9.91. The average Bonchev–Trinajstić information content (AvgIpc) is 3.20. The zero-order valence-electron chi connectivity index (χ0n) is 16.2. The number of likely N-dealkylation sites (tertiary alicyclic amines) is 1. The molecule has 2 aliphatic rings. The molecule has 2 heterocycles. The lowest BCUT2D eigenvalue weighted by atomic mass is 10.0. The fourth-order valence-corrected chi connectivity index (χ4v) is 3.89. The van der Waals surface area contributed by atoms with Crippen LogP contribution in [0.25, 0.3) is 0 Å². The number of nitrogens with one attached hydrogen (secondary N) is 1. The molecule has 0 saturated carbocycles. The Kier molecular flexibility index (Phi) is 6.14. The van der Waals surface area contributed by atoms with Crippen molar-refractivity contribution in [3.63, 3.8) is 0 Å². The SMILES string of the molecule is CC(C)C[C@H](C(=O)NCCCN1CCCC1=O)N1Cc2ccccc2C1=O. The molecular formula is C21H29N3O3. The van der Waals surface area contributed by atoms with Gasteiger partial charge in [0.15, 0.2) is 0 Å². The quantitative estimate of drug-likeness (QED) is 0.712. The fourth-order valence-electron chi connectivity index (χ4n) is 3.89. The van der Waals surface area contributed by atoms with Crippen LogP contribution in [-0.2, 0) is 16.1 Å². The Balaban J connectivity index is 1.57. The predicted molar refractivity (Wildman–Crippen MR) is 103 cm³/mol. The maximum absolute atomic E-state index is 12.8. The highest BCUT2D eigenvalue weighted by Crippen LogP contribution is 2.26. The number of hydrogen-bond acceptors (Lipinski definition) is 3. The van der Waals surface area contributed by atoms with Gasteiger partial charge in [0.25, 0.3) is 5.91 Å². The summed E-state index contributed by atoms with van der Waals surface area (Å²) in [5.41, 5.74) is 1.68. The Morgan fingerprint density at radius 3 is 2.67 bits per heavy atom. The number of nitrogens with zero attached hydrogens (tertiary/aromatic N) is 2. The van der Waals surface area contributed by atoms with Crippen molar-refractivity contribution >= 4 is 17.7 Å². The highest BCUT2D eigenvalue weighted by atomic mass is 16.2. The van der Waals surface area contributed by atoms with E-state index in [-0.39, 0.29) is 17.7 Å². The summed E-state index contributed by atoms with van der Waals surface area (Å²) in [4.78, 5) is 40.8. The van der Waals surface area contributed by atoms with Gasteiger partial charge >= 0.3 is 0 Å². The molecule has 146 valence electrons. The Morgan fingerprint density at radius 2 is 2.00 bits per heavy atom. The van der Waals surface area contributed by atoms with E-state index in [1.807, 2.05) is 29.2 Å². The molecule has 2 aliphatic heterocycles. The number of carbonyl (C=O) groups excluding carboxylic acids is 3. The van der Waals surface area contributed by atoms with E-state index in [1.54, 1.807) is 4.90 Å². The lowest BCUT2D eigenvalue weighted by Gasteiger charge is -2.28. The first-order chi connectivity index (χ1) is 13.0. The summed E-state index contributed by atoms with van der Waals surface area (Å²) in [7, 11) is 0. The molecule has 27 heavy (non-hydrogen) atoms. The van der Waals surface area contributed by atoms with Crippen molar-refractivity contribution in [2.24, 2.45) is 5.92 Å². The van der Waals surface area contributed by atoms with Crippen LogP contribution >= 0.6 is 0 Å². The third kappa shape index (κ3) is 4.49. The molecule has 0 spiro atoms. The topological polar surface area (TPSA) is 69.7 Å². The van der Waals surface area contributed by atoms with Crippen LogP contribution < -0.4 is 5.32 Å². The summed E-state index contributed by atoms with van der Waals surface area (Å²) in [6.45, 7) is 6.64. The second kappa shape index (κ2) is 8.55. The van der Waals surface area contributed by atoms with E-state index in [1.165, 1.54) is 0 Å². The molecule has 1 aromatic rings. The van der Waals surface area contributed by atoms with Crippen molar-refractivity contribution in [2.75, 3.05) is 19.6 Å². The van der Waals surface area contributed by atoms with E-state index >= 15 is 0 Å². The zero-order chi connectivity index (χ0) is 19.4. The summed E-state index contributed by atoms with van der Waals surface area (Å²) < 4.78 is 0.